The molecule has 0 spiro atoms. The molecule has 0 aliphatic carbocycles. The van der Waals surface area contributed by atoms with Gasteiger partial charge in [0.1, 0.15) is 5.82 Å². The number of nitro benzene ring substituents is 1. The molecule has 7 heteroatoms. The monoisotopic (exact) mass is 282 g/mol. The second-order valence-electron chi connectivity index (χ2n) is 4.71. The molecule has 6 nitrogen and oxygen atoms in total. The van der Waals surface area contributed by atoms with Crippen molar-refractivity contribution in [3.8, 4) is 0 Å². The van der Waals surface area contributed by atoms with Gasteiger partial charge in [-0.2, -0.15) is 0 Å². The summed E-state index contributed by atoms with van der Waals surface area (Å²) in [7, 11) is 0. The number of nitro groups is 1. The van der Waals surface area contributed by atoms with Gasteiger partial charge in [0.2, 0.25) is 0 Å². The van der Waals surface area contributed by atoms with E-state index in [4.69, 9.17) is 4.74 Å². The number of halogens is 1. The summed E-state index contributed by atoms with van der Waals surface area (Å²) in [5.41, 5.74) is -0.567. The molecule has 1 saturated heterocycles. The van der Waals surface area contributed by atoms with Gasteiger partial charge in [-0.05, 0) is 19.4 Å². The third kappa shape index (κ3) is 3.11. The van der Waals surface area contributed by atoms with E-state index in [1.54, 1.807) is 0 Å². The predicted octanol–water partition coefficient (Wildman–Crippen LogP) is 1.98. The largest absolute Gasteiger partial charge is 0.377 e. The van der Waals surface area contributed by atoms with Gasteiger partial charge in [-0.15, -0.1) is 0 Å². The number of hydrogen-bond donors (Lipinski definition) is 0. The number of non-ortho nitro benzene ring substituents is 1. The fourth-order valence-corrected chi connectivity index (χ4v) is 2.14. The second-order valence-corrected chi connectivity index (χ2v) is 4.71. The zero-order valence-electron chi connectivity index (χ0n) is 11.0. The maximum Gasteiger partial charge on any atom is 0.270 e. The highest BCUT2D eigenvalue weighted by Crippen LogP contribution is 2.19. The number of rotatable bonds is 2. The molecule has 108 valence electrons. The van der Waals surface area contributed by atoms with Crippen LogP contribution in [0.3, 0.4) is 0 Å². The van der Waals surface area contributed by atoms with Crippen LogP contribution in [0.15, 0.2) is 18.2 Å². The molecule has 1 aromatic rings. The van der Waals surface area contributed by atoms with Gasteiger partial charge in [-0.3, -0.25) is 14.9 Å². The molecule has 1 atom stereocenters. The first-order valence-electron chi connectivity index (χ1n) is 6.34. The predicted molar refractivity (Wildman–Crippen MR) is 69.0 cm³/mol. The first-order chi connectivity index (χ1) is 9.49. The summed E-state index contributed by atoms with van der Waals surface area (Å²) in [6.45, 7) is 3.17. The van der Waals surface area contributed by atoms with Gasteiger partial charge in [0.25, 0.3) is 11.6 Å². The molecule has 2 rings (SSSR count). The van der Waals surface area contributed by atoms with E-state index in [9.17, 15) is 19.3 Å². The van der Waals surface area contributed by atoms with Gasteiger partial charge in [0, 0.05) is 31.8 Å². The molecular weight excluding hydrogens is 267 g/mol. The maximum absolute atomic E-state index is 13.7. The van der Waals surface area contributed by atoms with Crippen LogP contribution in [-0.4, -0.2) is 41.5 Å². The van der Waals surface area contributed by atoms with E-state index in [1.807, 2.05) is 6.92 Å². The average molecular weight is 282 g/mol. The Morgan fingerprint density at radius 2 is 2.30 bits per heavy atom. The lowest BCUT2D eigenvalue weighted by Gasteiger charge is -2.22. The van der Waals surface area contributed by atoms with Crippen molar-refractivity contribution >= 4 is 11.6 Å². The van der Waals surface area contributed by atoms with Gasteiger partial charge in [0.15, 0.2) is 0 Å². The van der Waals surface area contributed by atoms with Crippen LogP contribution >= 0.6 is 0 Å². The lowest BCUT2D eigenvalue weighted by molar-refractivity contribution is -0.384. The van der Waals surface area contributed by atoms with E-state index in [0.29, 0.717) is 26.1 Å². The molecule has 1 aliphatic heterocycles. The molecule has 1 aliphatic rings. The zero-order chi connectivity index (χ0) is 14.7. The summed E-state index contributed by atoms with van der Waals surface area (Å²) >= 11 is 0. The minimum Gasteiger partial charge on any atom is -0.377 e. The van der Waals surface area contributed by atoms with Crippen LogP contribution in [-0.2, 0) is 4.74 Å². The maximum atomic E-state index is 13.7. The number of amides is 1. The number of carbonyl (C=O) groups excluding carboxylic acids is 1. The van der Waals surface area contributed by atoms with E-state index in [0.717, 1.165) is 18.2 Å². The van der Waals surface area contributed by atoms with E-state index < -0.39 is 16.6 Å². The van der Waals surface area contributed by atoms with Gasteiger partial charge in [-0.1, -0.05) is 0 Å². The lowest BCUT2D eigenvalue weighted by atomic mass is 10.1. The molecule has 0 saturated carbocycles. The molecule has 1 amide bonds. The SMILES string of the molecule is CC1CN(C(=O)c2cc([N+](=O)[O-])ccc2F)CCCO1. The molecule has 0 N–H and O–H groups in total. The van der Waals surface area contributed by atoms with Crippen molar-refractivity contribution in [2.75, 3.05) is 19.7 Å². The summed E-state index contributed by atoms with van der Waals surface area (Å²) in [6, 6.07) is 2.97. The van der Waals surface area contributed by atoms with Crippen molar-refractivity contribution in [1.29, 1.82) is 0 Å². The minimum atomic E-state index is -0.751. The fourth-order valence-electron chi connectivity index (χ4n) is 2.14. The third-order valence-corrected chi connectivity index (χ3v) is 3.13. The molecule has 20 heavy (non-hydrogen) atoms. The van der Waals surface area contributed by atoms with E-state index in [1.165, 1.54) is 4.90 Å². The quantitative estimate of drug-likeness (QED) is 0.614. The van der Waals surface area contributed by atoms with Crippen LogP contribution in [0.1, 0.15) is 23.7 Å². The van der Waals surface area contributed by atoms with E-state index in [-0.39, 0.29) is 17.4 Å². The summed E-state index contributed by atoms with van der Waals surface area (Å²) in [4.78, 5) is 23.8. The van der Waals surface area contributed by atoms with E-state index >= 15 is 0 Å². The Bertz CT molecular complexity index is 535. The number of benzene rings is 1. The van der Waals surface area contributed by atoms with Gasteiger partial charge in [0.05, 0.1) is 16.6 Å². The Kier molecular flexibility index (Phi) is 4.29. The number of carbonyl (C=O) groups is 1. The fraction of sp³-hybridized carbons (Fsp3) is 0.462. The summed E-state index contributed by atoms with van der Waals surface area (Å²) in [5, 5.41) is 10.7. The van der Waals surface area contributed by atoms with E-state index in [2.05, 4.69) is 0 Å². The Balaban J connectivity index is 2.27. The smallest absolute Gasteiger partial charge is 0.270 e. The third-order valence-electron chi connectivity index (χ3n) is 3.13. The minimum absolute atomic E-state index is 0.136. The van der Waals surface area contributed by atoms with Crippen LogP contribution in [0.2, 0.25) is 0 Å². The van der Waals surface area contributed by atoms with Crippen molar-refractivity contribution in [1.82, 2.24) is 4.90 Å². The van der Waals surface area contributed by atoms with Crippen molar-refractivity contribution in [2.24, 2.45) is 0 Å². The van der Waals surface area contributed by atoms with Gasteiger partial charge < -0.3 is 9.64 Å². The van der Waals surface area contributed by atoms with Crippen LogP contribution in [0.5, 0.6) is 0 Å². The second kappa shape index (κ2) is 5.96. The highest BCUT2D eigenvalue weighted by molar-refractivity contribution is 5.95. The molecule has 0 radical (unpaired) electrons. The highest BCUT2D eigenvalue weighted by atomic mass is 19.1. The molecule has 1 aromatic carbocycles. The van der Waals surface area contributed by atoms with Gasteiger partial charge >= 0.3 is 0 Å². The molecule has 1 unspecified atom stereocenters. The number of nitrogens with zero attached hydrogens (tertiary/aromatic N) is 2. The van der Waals surface area contributed by atoms with Crippen molar-refractivity contribution in [3.05, 3.63) is 39.7 Å². The highest BCUT2D eigenvalue weighted by Gasteiger charge is 2.25. The molecule has 1 heterocycles. The summed E-state index contributed by atoms with van der Waals surface area (Å²) in [5.74, 6) is -1.29. The Hall–Kier alpha value is -2.02. The van der Waals surface area contributed by atoms with Crippen molar-refractivity contribution in [2.45, 2.75) is 19.4 Å². The number of hydrogen-bond acceptors (Lipinski definition) is 4. The lowest BCUT2D eigenvalue weighted by Crippen LogP contribution is -2.36. The van der Waals surface area contributed by atoms with Crippen molar-refractivity contribution < 1.29 is 18.8 Å². The van der Waals surface area contributed by atoms with Crippen LogP contribution < -0.4 is 0 Å². The first kappa shape index (κ1) is 14.4. The normalized spacial score (nSPS) is 19.5. The zero-order valence-corrected chi connectivity index (χ0v) is 11.0. The Morgan fingerprint density at radius 3 is 3.00 bits per heavy atom. The topological polar surface area (TPSA) is 72.7 Å². The Morgan fingerprint density at radius 1 is 1.55 bits per heavy atom. The molecular formula is C13H15FN2O4. The van der Waals surface area contributed by atoms with Crippen LogP contribution in [0.4, 0.5) is 10.1 Å². The van der Waals surface area contributed by atoms with Crippen LogP contribution in [0.25, 0.3) is 0 Å². The average Bonchev–Trinajstić information content (AvgIpc) is 2.63. The molecule has 0 aromatic heterocycles. The Labute approximate surface area is 115 Å². The summed E-state index contributed by atoms with van der Waals surface area (Å²) in [6.07, 6.45) is 0.523. The number of ether oxygens (including phenoxy) is 1. The van der Waals surface area contributed by atoms with Crippen LogP contribution in [0, 0.1) is 15.9 Å². The molecule has 0 bridgehead atoms. The summed E-state index contributed by atoms with van der Waals surface area (Å²) < 4.78 is 19.2. The van der Waals surface area contributed by atoms with Gasteiger partial charge in [-0.25, -0.2) is 4.39 Å². The first-order valence-corrected chi connectivity index (χ1v) is 6.34. The van der Waals surface area contributed by atoms with Crippen molar-refractivity contribution in [3.63, 3.8) is 0 Å². The molecule has 1 fully saturated rings. The standard InChI is InChI=1S/C13H15FN2O4/c1-9-8-15(5-2-6-20-9)13(17)11-7-10(16(18)19)3-4-12(11)14/h3-4,7,9H,2,5-6,8H2,1H3.